The number of ether oxygens (including phenoxy) is 1. The van der Waals surface area contributed by atoms with Crippen LogP contribution in [0.5, 0.6) is 5.75 Å². The first-order valence-electron chi connectivity index (χ1n) is 9.99. The van der Waals surface area contributed by atoms with E-state index >= 15 is 0 Å². The zero-order valence-corrected chi connectivity index (χ0v) is 19.3. The van der Waals surface area contributed by atoms with Gasteiger partial charge in [0.15, 0.2) is 0 Å². The first kappa shape index (κ1) is 25.0. The third-order valence-electron chi connectivity index (χ3n) is 5.43. The van der Waals surface area contributed by atoms with Crippen molar-refractivity contribution in [2.75, 3.05) is 39.8 Å². The van der Waals surface area contributed by atoms with Gasteiger partial charge in [-0.2, -0.15) is 0 Å². The summed E-state index contributed by atoms with van der Waals surface area (Å²) < 4.78 is 11.5. The first-order chi connectivity index (χ1) is 14.1. The van der Waals surface area contributed by atoms with Gasteiger partial charge in [0.05, 0.1) is 6.61 Å². The van der Waals surface area contributed by atoms with Crippen molar-refractivity contribution < 1.29 is 19.1 Å². The predicted octanol–water partition coefficient (Wildman–Crippen LogP) is 4.57. The molecule has 2 heterocycles. The monoisotopic (exact) mass is 466 g/mol. The average molecular weight is 467 g/mol. The van der Waals surface area contributed by atoms with E-state index in [0.717, 1.165) is 31.7 Å². The highest BCUT2D eigenvalue weighted by molar-refractivity contribution is 6.10. The standard InChI is InChI=1S/C23H26N2O4.2ClH/c1-3-28-23(27)21-20-17(15-25-13-11-24(2)12-14-25)18(26)9-10-19(20)29-22(21)16-7-5-4-6-8-16;;/h4-10,26H,3,11-15H2,1-2H3;2*1H. The molecule has 1 aromatic heterocycles. The average Bonchev–Trinajstić information content (AvgIpc) is 3.12. The summed E-state index contributed by atoms with van der Waals surface area (Å²) in [6.07, 6.45) is 0. The Hall–Kier alpha value is -2.25. The van der Waals surface area contributed by atoms with E-state index in [0.29, 0.717) is 34.4 Å². The van der Waals surface area contributed by atoms with E-state index in [1.807, 2.05) is 30.3 Å². The number of carbonyl (C=O) groups is 1. The second-order valence-electron chi connectivity index (χ2n) is 7.41. The lowest BCUT2D eigenvalue weighted by atomic mass is 10.0. The third-order valence-corrected chi connectivity index (χ3v) is 5.43. The zero-order chi connectivity index (χ0) is 20.4. The maximum atomic E-state index is 12.9. The Morgan fingerprint density at radius 2 is 1.74 bits per heavy atom. The van der Waals surface area contributed by atoms with Crippen molar-refractivity contribution in [1.82, 2.24) is 9.80 Å². The van der Waals surface area contributed by atoms with Gasteiger partial charge in [0.1, 0.15) is 22.7 Å². The molecule has 6 nitrogen and oxygen atoms in total. The minimum atomic E-state index is -0.435. The number of halogens is 2. The lowest BCUT2D eigenvalue weighted by Gasteiger charge is -2.32. The summed E-state index contributed by atoms with van der Waals surface area (Å²) in [6, 6.07) is 12.9. The number of nitrogens with zero attached hydrogens (tertiary/aromatic N) is 2. The Balaban J connectivity index is 0.00000171. The molecule has 0 bridgehead atoms. The van der Waals surface area contributed by atoms with Crippen molar-refractivity contribution in [3.63, 3.8) is 0 Å². The highest BCUT2D eigenvalue weighted by Gasteiger charge is 2.27. The summed E-state index contributed by atoms with van der Waals surface area (Å²) in [5.74, 6) is 0.210. The number of carbonyl (C=O) groups excluding carboxylic acids is 1. The maximum absolute atomic E-state index is 12.9. The summed E-state index contributed by atoms with van der Waals surface area (Å²) >= 11 is 0. The molecule has 31 heavy (non-hydrogen) atoms. The second kappa shape index (κ2) is 10.9. The number of aromatic hydroxyl groups is 1. The second-order valence-corrected chi connectivity index (χ2v) is 7.41. The Morgan fingerprint density at radius 1 is 1.06 bits per heavy atom. The molecule has 0 aliphatic carbocycles. The molecule has 4 rings (SSSR count). The molecule has 3 aromatic rings. The summed E-state index contributed by atoms with van der Waals surface area (Å²) in [7, 11) is 2.11. The molecule has 1 aliphatic heterocycles. The van der Waals surface area contributed by atoms with Crippen LogP contribution in [0.15, 0.2) is 46.9 Å². The van der Waals surface area contributed by atoms with Gasteiger partial charge in [-0.3, -0.25) is 4.90 Å². The van der Waals surface area contributed by atoms with Crippen molar-refractivity contribution in [3.8, 4) is 17.1 Å². The van der Waals surface area contributed by atoms with Gasteiger partial charge in [-0.15, -0.1) is 24.8 Å². The van der Waals surface area contributed by atoms with E-state index in [4.69, 9.17) is 9.15 Å². The highest BCUT2D eigenvalue weighted by atomic mass is 35.5. The van der Waals surface area contributed by atoms with Crippen molar-refractivity contribution in [2.24, 2.45) is 0 Å². The van der Waals surface area contributed by atoms with Crippen molar-refractivity contribution in [2.45, 2.75) is 13.5 Å². The molecule has 168 valence electrons. The Morgan fingerprint density at radius 3 is 2.39 bits per heavy atom. The normalized spacial score (nSPS) is 14.6. The molecular weight excluding hydrogens is 439 g/mol. The Bertz CT molecular complexity index is 1020. The molecule has 0 spiro atoms. The number of esters is 1. The van der Waals surface area contributed by atoms with E-state index in [1.165, 1.54) is 0 Å². The van der Waals surface area contributed by atoms with Gasteiger partial charge in [0.25, 0.3) is 0 Å². The number of furan rings is 1. The smallest absolute Gasteiger partial charge is 0.342 e. The Kier molecular flexibility index (Phi) is 8.77. The minimum absolute atomic E-state index is 0. The van der Waals surface area contributed by atoms with Crippen LogP contribution in [-0.2, 0) is 11.3 Å². The van der Waals surface area contributed by atoms with Crippen LogP contribution in [0.3, 0.4) is 0 Å². The molecule has 2 aromatic carbocycles. The summed E-state index contributed by atoms with van der Waals surface area (Å²) in [5, 5.41) is 11.3. The fraction of sp³-hybridized carbons (Fsp3) is 0.348. The number of likely N-dealkylation sites (N-methyl/N-ethyl adjacent to an activating group) is 1. The molecular formula is C23H28Cl2N2O4. The van der Waals surface area contributed by atoms with Gasteiger partial charge in [-0.05, 0) is 26.1 Å². The maximum Gasteiger partial charge on any atom is 0.342 e. The minimum Gasteiger partial charge on any atom is -0.508 e. The molecule has 8 heteroatoms. The lowest BCUT2D eigenvalue weighted by molar-refractivity contribution is 0.0528. The fourth-order valence-electron chi connectivity index (χ4n) is 3.83. The van der Waals surface area contributed by atoms with E-state index in [9.17, 15) is 9.90 Å². The molecule has 1 N–H and O–H groups in total. The predicted molar refractivity (Wildman–Crippen MR) is 127 cm³/mol. The topological polar surface area (TPSA) is 66.2 Å². The zero-order valence-electron chi connectivity index (χ0n) is 17.7. The third kappa shape index (κ3) is 5.15. The fourth-order valence-corrected chi connectivity index (χ4v) is 3.83. The van der Waals surface area contributed by atoms with Gasteiger partial charge in [0, 0.05) is 49.2 Å². The van der Waals surface area contributed by atoms with Gasteiger partial charge in [-0.1, -0.05) is 30.3 Å². The molecule has 1 aliphatic rings. The summed E-state index contributed by atoms with van der Waals surface area (Å²) in [5.41, 5.74) is 2.47. The van der Waals surface area contributed by atoms with E-state index in [2.05, 4.69) is 16.8 Å². The van der Waals surface area contributed by atoms with Gasteiger partial charge in [0.2, 0.25) is 0 Å². The van der Waals surface area contributed by atoms with Crippen molar-refractivity contribution in [1.29, 1.82) is 0 Å². The molecule has 0 atom stereocenters. The number of hydrogen-bond acceptors (Lipinski definition) is 6. The van der Waals surface area contributed by atoms with Gasteiger partial charge < -0.3 is 19.2 Å². The van der Waals surface area contributed by atoms with Crippen LogP contribution in [0, 0.1) is 0 Å². The highest BCUT2D eigenvalue weighted by Crippen LogP contribution is 2.39. The number of phenolic OH excluding ortho intramolecular Hbond substituents is 1. The molecule has 0 saturated carbocycles. The van der Waals surface area contributed by atoms with Crippen LogP contribution in [0.25, 0.3) is 22.3 Å². The molecule has 1 fully saturated rings. The number of phenols is 1. The SMILES string of the molecule is CCOC(=O)c1c(-c2ccccc2)oc2ccc(O)c(CN3CCN(C)CC3)c12.Cl.Cl. The molecule has 0 unspecified atom stereocenters. The number of piperazine rings is 1. The van der Waals surface area contributed by atoms with Crippen LogP contribution in [-0.4, -0.2) is 60.7 Å². The molecule has 0 amide bonds. The molecule has 0 radical (unpaired) electrons. The Labute approximate surface area is 194 Å². The van der Waals surface area contributed by atoms with Crippen LogP contribution in [0.4, 0.5) is 0 Å². The molecule has 1 saturated heterocycles. The van der Waals surface area contributed by atoms with Crippen LogP contribution >= 0.6 is 24.8 Å². The number of hydrogen-bond donors (Lipinski definition) is 1. The number of rotatable bonds is 5. The van der Waals surface area contributed by atoms with E-state index in [1.54, 1.807) is 19.1 Å². The van der Waals surface area contributed by atoms with Crippen LogP contribution in [0.1, 0.15) is 22.8 Å². The quantitative estimate of drug-likeness (QED) is 0.555. The van der Waals surface area contributed by atoms with Crippen molar-refractivity contribution in [3.05, 3.63) is 53.6 Å². The van der Waals surface area contributed by atoms with Crippen LogP contribution in [0.2, 0.25) is 0 Å². The van der Waals surface area contributed by atoms with E-state index < -0.39 is 5.97 Å². The van der Waals surface area contributed by atoms with Gasteiger partial charge in [-0.25, -0.2) is 4.79 Å². The summed E-state index contributed by atoms with van der Waals surface area (Å²) in [4.78, 5) is 17.5. The first-order valence-corrected chi connectivity index (χ1v) is 9.99. The number of fused-ring (bicyclic) bond motifs is 1. The van der Waals surface area contributed by atoms with E-state index in [-0.39, 0.29) is 37.2 Å². The summed E-state index contributed by atoms with van der Waals surface area (Å²) in [6.45, 7) is 6.37. The lowest BCUT2D eigenvalue weighted by Crippen LogP contribution is -2.43. The van der Waals surface area contributed by atoms with Crippen molar-refractivity contribution >= 4 is 41.8 Å². The number of benzene rings is 2. The van der Waals surface area contributed by atoms with Gasteiger partial charge >= 0.3 is 5.97 Å². The largest absolute Gasteiger partial charge is 0.508 e. The van der Waals surface area contributed by atoms with Crippen LogP contribution < -0.4 is 0 Å².